The highest BCUT2D eigenvalue weighted by atomic mass is 32.1. The summed E-state index contributed by atoms with van der Waals surface area (Å²) in [6, 6.07) is 8.14. The molecule has 0 radical (unpaired) electrons. The number of carbonyl (C=O) groups excluding carboxylic acids is 5. The van der Waals surface area contributed by atoms with E-state index in [0.29, 0.717) is 38.0 Å². The van der Waals surface area contributed by atoms with E-state index in [9.17, 15) is 24.0 Å². The zero-order chi connectivity index (χ0) is 30.4. The molecule has 0 bridgehead atoms. The molecule has 1 aliphatic heterocycles. The molecule has 12 nitrogen and oxygen atoms in total. The Morgan fingerprint density at radius 2 is 1.88 bits per heavy atom. The highest BCUT2D eigenvalue weighted by Gasteiger charge is 2.36. The van der Waals surface area contributed by atoms with Crippen LogP contribution in [0.2, 0.25) is 0 Å². The van der Waals surface area contributed by atoms with Crippen LogP contribution in [0.25, 0.3) is 0 Å². The third-order valence-corrected chi connectivity index (χ3v) is 7.09. The minimum Gasteiger partial charge on any atom is -0.370 e. The Bertz CT molecular complexity index is 1080. The molecule has 6 N–H and O–H groups in total. The van der Waals surface area contributed by atoms with E-state index in [4.69, 9.17) is 11.5 Å². The number of carbonyl (C=O) groups is 5. The summed E-state index contributed by atoms with van der Waals surface area (Å²) in [5, 5.41) is 5.39. The smallest absolute Gasteiger partial charge is 0.245 e. The van der Waals surface area contributed by atoms with Gasteiger partial charge in [-0.15, -0.1) is 0 Å². The Balaban J connectivity index is 2.00. The van der Waals surface area contributed by atoms with Gasteiger partial charge in [0.05, 0.1) is 19.1 Å². The third-order valence-electron chi connectivity index (χ3n) is 6.89. The number of hydrogen-bond donors (Lipinski definition) is 5. The topological polar surface area (TPSA) is 180 Å². The van der Waals surface area contributed by atoms with E-state index in [1.165, 1.54) is 16.7 Å². The SMILES string of the molecule is CC(=O)[C@H]1CCCN1C(=O)[C@@H](CCCN=C(N)N)NC(=O)CN(CCS)C(=O)CNC(=O)[C@H](C)Cc1ccccc1. The molecule has 1 saturated heterocycles. The van der Waals surface area contributed by atoms with Crippen LogP contribution in [0.15, 0.2) is 35.3 Å². The number of nitrogens with one attached hydrogen (secondary N) is 2. The number of nitrogens with zero attached hydrogens (tertiary/aromatic N) is 3. The molecule has 1 heterocycles. The van der Waals surface area contributed by atoms with E-state index in [1.54, 1.807) is 6.92 Å². The number of aliphatic imine (C=N–C) groups is 1. The summed E-state index contributed by atoms with van der Waals surface area (Å²) in [6.07, 6.45) is 2.47. The minimum atomic E-state index is -0.914. The number of benzene rings is 1. The molecule has 0 aromatic heterocycles. The van der Waals surface area contributed by atoms with E-state index in [2.05, 4.69) is 28.3 Å². The second-order valence-corrected chi connectivity index (χ2v) is 10.7. The number of ketones is 1. The fraction of sp³-hybridized carbons (Fsp3) is 0.571. The van der Waals surface area contributed by atoms with E-state index < -0.39 is 23.9 Å². The van der Waals surface area contributed by atoms with Crippen molar-refractivity contribution in [3.63, 3.8) is 0 Å². The Morgan fingerprint density at radius 1 is 1.17 bits per heavy atom. The van der Waals surface area contributed by atoms with Gasteiger partial charge in [0.2, 0.25) is 23.6 Å². The van der Waals surface area contributed by atoms with Crippen LogP contribution in [-0.2, 0) is 30.4 Å². The summed E-state index contributed by atoms with van der Waals surface area (Å²) in [5.74, 6) is -1.83. The van der Waals surface area contributed by atoms with Gasteiger partial charge in [-0.1, -0.05) is 37.3 Å². The Labute approximate surface area is 247 Å². The molecule has 1 fully saturated rings. The summed E-state index contributed by atoms with van der Waals surface area (Å²) in [7, 11) is 0. The van der Waals surface area contributed by atoms with Gasteiger partial charge in [-0.25, -0.2) is 0 Å². The van der Waals surface area contributed by atoms with Crippen LogP contribution in [0.3, 0.4) is 0 Å². The van der Waals surface area contributed by atoms with Gasteiger partial charge in [0, 0.05) is 31.3 Å². The maximum atomic E-state index is 13.4. The molecule has 0 saturated carbocycles. The number of Topliss-reactive ketones (excluding diaryl/α,β-unsaturated/α-hetero) is 1. The lowest BCUT2D eigenvalue weighted by Gasteiger charge is -2.29. The molecule has 0 unspecified atom stereocenters. The van der Waals surface area contributed by atoms with Crippen molar-refractivity contribution in [1.82, 2.24) is 20.4 Å². The van der Waals surface area contributed by atoms with Crippen molar-refractivity contribution in [3.05, 3.63) is 35.9 Å². The highest BCUT2D eigenvalue weighted by Crippen LogP contribution is 2.20. The molecule has 2 rings (SSSR count). The van der Waals surface area contributed by atoms with Crippen LogP contribution in [0, 0.1) is 5.92 Å². The van der Waals surface area contributed by atoms with Gasteiger partial charge in [0.1, 0.15) is 6.04 Å². The predicted molar refractivity (Wildman–Crippen MR) is 160 cm³/mol. The van der Waals surface area contributed by atoms with Crippen LogP contribution in [0.1, 0.15) is 45.1 Å². The van der Waals surface area contributed by atoms with Crippen LogP contribution in [0.5, 0.6) is 0 Å². The normalized spacial score (nSPS) is 15.9. The van der Waals surface area contributed by atoms with Gasteiger partial charge in [0.25, 0.3) is 0 Å². The van der Waals surface area contributed by atoms with Gasteiger partial charge in [0.15, 0.2) is 11.7 Å². The average molecular weight is 590 g/mol. The van der Waals surface area contributed by atoms with Gasteiger partial charge >= 0.3 is 0 Å². The van der Waals surface area contributed by atoms with Crippen LogP contribution < -0.4 is 22.1 Å². The third kappa shape index (κ3) is 11.4. The van der Waals surface area contributed by atoms with Crippen LogP contribution >= 0.6 is 12.6 Å². The molecular weight excluding hydrogens is 546 g/mol. The van der Waals surface area contributed by atoms with E-state index in [1.807, 2.05) is 30.3 Å². The van der Waals surface area contributed by atoms with Crippen molar-refractivity contribution in [2.24, 2.45) is 22.4 Å². The fourth-order valence-corrected chi connectivity index (χ4v) is 4.99. The predicted octanol–water partition coefficient (Wildman–Crippen LogP) is -0.142. The maximum absolute atomic E-state index is 13.4. The summed E-state index contributed by atoms with van der Waals surface area (Å²) in [4.78, 5) is 70.7. The number of rotatable bonds is 16. The van der Waals surface area contributed by atoms with Crippen molar-refractivity contribution < 1.29 is 24.0 Å². The maximum Gasteiger partial charge on any atom is 0.245 e. The number of nitrogens with two attached hydrogens (primary N) is 2. The van der Waals surface area contributed by atoms with Gasteiger partial charge in [-0.2, -0.15) is 12.6 Å². The van der Waals surface area contributed by atoms with Crippen molar-refractivity contribution in [2.45, 2.75) is 58.0 Å². The average Bonchev–Trinajstić information content (AvgIpc) is 3.43. The quantitative estimate of drug-likeness (QED) is 0.0770. The van der Waals surface area contributed by atoms with Crippen molar-refractivity contribution in [3.8, 4) is 0 Å². The molecule has 41 heavy (non-hydrogen) atoms. The number of thiol groups is 1. The first-order chi connectivity index (χ1) is 19.5. The van der Waals surface area contributed by atoms with Crippen molar-refractivity contribution >= 4 is 48.0 Å². The van der Waals surface area contributed by atoms with Crippen LogP contribution in [-0.4, -0.2) is 95.7 Å². The van der Waals surface area contributed by atoms with Gasteiger partial charge < -0.3 is 31.9 Å². The summed E-state index contributed by atoms with van der Waals surface area (Å²) in [6.45, 7) is 3.52. The largest absolute Gasteiger partial charge is 0.370 e. The molecule has 1 aromatic rings. The van der Waals surface area contributed by atoms with E-state index in [-0.39, 0.29) is 62.1 Å². The van der Waals surface area contributed by atoms with Crippen LogP contribution in [0.4, 0.5) is 0 Å². The lowest BCUT2D eigenvalue weighted by molar-refractivity contribution is -0.141. The molecule has 13 heteroatoms. The molecule has 226 valence electrons. The number of guanidine groups is 1. The minimum absolute atomic E-state index is 0.0736. The van der Waals surface area contributed by atoms with Crippen molar-refractivity contribution in [2.75, 3.05) is 38.5 Å². The van der Waals surface area contributed by atoms with E-state index >= 15 is 0 Å². The molecule has 1 aliphatic rings. The Kier molecular flexibility index (Phi) is 14.1. The van der Waals surface area contributed by atoms with Crippen molar-refractivity contribution in [1.29, 1.82) is 0 Å². The molecule has 4 amide bonds. The number of hydrogen-bond acceptors (Lipinski definition) is 7. The Morgan fingerprint density at radius 3 is 2.51 bits per heavy atom. The molecule has 0 aliphatic carbocycles. The molecular formula is C28H43N7O5S. The number of likely N-dealkylation sites (tertiary alicyclic amines) is 1. The summed E-state index contributed by atoms with van der Waals surface area (Å²) in [5.41, 5.74) is 11.8. The zero-order valence-corrected chi connectivity index (χ0v) is 24.8. The highest BCUT2D eigenvalue weighted by molar-refractivity contribution is 7.80. The Hall–Kier alpha value is -3.61. The second kappa shape index (κ2) is 17.3. The monoisotopic (exact) mass is 589 g/mol. The molecule has 0 spiro atoms. The lowest BCUT2D eigenvalue weighted by Crippen LogP contribution is -2.54. The molecule has 1 aromatic carbocycles. The van der Waals surface area contributed by atoms with E-state index in [0.717, 1.165) is 5.56 Å². The first kappa shape index (κ1) is 33.6. The fourth-order valence-electron chi connectivity index (χ4n) is 4.75. The summed E-state index contributed by atoms with van der Waals surface area (Å²) >= 11 is 4.20. The van der Waals surface area contributed by atoms with Gasteiger partial charge in [-0.3, -0.25) is 29.0 Å². The standard InChI is InChI=1S/C28H43N7O5S/c1-19(16-21-8-4-3-5-9-21)26(39)32-17-25(38)34(14-15-41)18-24(37)33-22(10-6-12-31-28(29)30)27(40)35-13-7-11-23(35)20(2)36/h3-5,8-9,19,22-23,41H,6-7,10-18H2,1-2H3,(H,32,39)(H,33,37)(H4,29,30,31)/t19-,22-,23-/m1/s1. The zero-order valence-electron chi connectivity index (χ0n) is 23.9. The second-order valence-electron chi connectivity index (χ2n) is 10.2. The van der Waals surface area contributed by atoms with Gasteiger partial charge in [-0.05, 0) is 44.6 Å². The molecule has 3 atom stereocenters. The lowest BCUT2D eigenvalue weighted by atomic mass is 10.0. The first-order valence-electron chi connectivity index (χ1n) is 13.9. The number of amides is 4. The summed E-state index contributed by atoms with van der Waals surface area (Å²) < 4.78 is 0. The first-order valence-corrected chi connectivity index (χ1v) is 14.5.